The van der Waals surface area contributed by atoms with Crippen molar-refractivity contribution in [3.05, 3.63) is 0 Å². The van der Waals surface area contributed by atoms with Gasteiger partial charge in [0.15, 0.2) is 6.29 Å². The summed E-state index contributed by atoms with van der Waals surface area (Å²) in [6, 6.07) is 0. The first-order valence-electron chi connectivity index (χ1n) is 8.60. The van der Waals surface area contributed by atoms with Gasteiger partial charge in [0.1, 0.15) is 68.5 Å². The van der Waals surface area contributed by atoms with E-state index in [0.29, 0.717) is 0 Å². The molecule has 11 nitrogen and oxygen atoms in total. The third kappa shape index (κ3) is 3.38. The zero-order valence-corrected chi connectivity index (χ0v) is 14.0. The van der Waals surface area contributed by atoms with E-state index in [1.54, 1.807) is 0 Å². The zero-order chi connectivity index (χ0) is 18.3. The van der Waals surface area contributed by atoms with Crippen molar-refractivity contribution in [2.24, 2.45) is 0 Å². The monoisotopic (exact) mass is 380 g/mol. The van der Waals surface area contributed by atoms with Crippen LogP contribution in [0.1, 0.15) is 0 Å². The molecule has 4 N–H and O–H groups in total. The molecule has 4 aliphatic rings. The van der Waals surface area contributed by atoms with Crippen LogP contribution >= 0.6 is 0 Å². The van der Waals surface area contributed by atoms with Gasteiger partial charge in [-0.15, -0.1) is 0 Å². The number of rotatable bonds is 3. The highest BCUT2D eigenvalue weighted by Gasteiger charge is 2.52. The quantitative estimate of drug-likeness (QED) is 0.390. The highest BCUT2D eigenvalue weighted by atomic mass is 16.8. The minimum absolute atomic E-state index is 0.00404. The van der Waals surface area contributed by atoms with Crippen LogP contribution < -0.4 is 0 Å². The Morgan fingerprint density at radius 1 is 0.808 bits per heavy atom. The lowest BCUT2D eigenvalue weighted by Crippen LogP contribution is -2.66. The number of fused-ring (bicyclic) bond motifs is 2. The molecule has 150 valence electrons. The third-order valence-electron chi connectivity index (χ3n) is 5.12. The van der Waals surface area contributed by atoms with Gasteiger partial charge in [-0.05, 0) is 0 Å². The molecule has 4 heterocycles. The summed E-state index contributed by atoms with van der Waals surface area (Å²) < 4.78 is 38.1. The van der Waals surface area contributed by atoms with E-state index in [0.717, 1.165) is 0 Å². The van der Waals surface area contributed by atoms with Gasteiger partial charge in [0.2, 0.25) is 0 Å². The van der Waals surface area contributed by atoms with Gasteiger partial charge >= 0.3 is 0 Å². The zero-order valence-electron chi connectivity index (χ0n) is 14.0. The van der Waals surface area contributed by atoms with Crippen molar-refractivity contribution >= 4 is 0 Å². The standard InChI is InChI=1S/C15H24O11/c16-1-6-14(11(19)13-7(24-6)2-20-5-23-13)26-15-10(18)9(17)12-8(25-15)3-21-4-22-12/h6-19H,1-5H2/t6-,7+,8-,9-,10-,11-,12-,13+,14-,15+/m1/s1. The number of hydrogen-bond donors (Lipinski definition) is 4. The van der Waals surface area contributed by atoms with Crippen molar-refractivity contribution in [1.29, 1.82) is 0 Å². The Balaban J connectivity index is 1.47. The summed E-state index contributed by atoms with van der Waals surface area (Å²) >= 11 is 0. The molecular formula is C15H24O11. The second kappa shape index (κ2) is 7.89. The van der Waals surface area contributed by atoms with E-state index in [4.69, 9.17) is 33.2 Å². The third-order valence-corrected chi connectivity index (χ3v) is 5.12. The van der Waals surface area contributed by atoms with E-state index in [1.165, 1.54) is 0 Å². The minimum atomic E-state index is -1.41. The molecule has 0 radical (unpaired) electrons. The average molecular weight is 380 g/mol. The van der Waals surface area contributed by atoms with Gasteiger partial charge in [0.05, 0.1) is 19.8 Å². The maximum atomic E-state index is 10.6. The molecule has 11 heteroatoms. The van der Waals surface area contributed by atoms with Crippen LogP contribution in [0.2, 0.25) is 0 Å². The molecule has 0 spiro atoms. The molecule has 0 saturated carbocycles. The first kappa shape index (κ1) is 18.9. The summed E-state index contributed by atoms with van der Waals surface area (Å²) in [5.74, 6) is 0. The van der Waals surface area contributed by atoms with Crippen LogP contribution in [-0.2, 0) is 33.2 Å². The largest absolute Gasteiger partial charge is 0.394 e. The summed E-state index contributed by atoms with van der Waals surface area (Å²) in [7, 11) is 0. The predicted octanol–water partition coefficient (Wildman–Crippen LogP) is -3.32. The summed E-state index contributed by atoms with van der Waals surface area (Å²) in [4.78, 5) is 0. The normalized spacial score (nSPS) is 52.2. The molecule has 10 atom stereocenters. The molecular weight excluding hydrogens is 356 g/mol. The maximum absolute atomic E-state index is 10.6. The Kier molecular flexibility index (Phi) is 5.74. The topological polar surface area (TPSA) is 146 Å². The molecule has 26 heavy (non-hydrogen) atoms. The number of aliphatic hydroxyl groups is 4. The van der Waals surface area contributed by atoms with E-state index in [-0.39, 0.29) is 26.8 Å². The van der Waals surface area contributed by atoms with Gasteiger partial charge in [0.25, 0.3) is 0 Å². The molecule has 4 saturated heterocycles. The molecule has 0 amide bonds. The number of aliphatic hydroxyl groups excluding tert-OH is 4. The fraction of sp³-hybridized carbons (Fsp3) is 1.00. The van der Waals surface area contributed by atoms with Crippen molar-refractivity contribution in [3.8, 4) is 0 Å². The van der Waals surface area contributed by atoms with Crippen LogP contribution in [0.3, 0.4) is 0 Å². The summed E-state index contributed by atoms with van der Waals surface area (Å²) in [6.07, 6.45) is -9.56. The Hall–Kier alpha value is -0.440. The predicted molar refractivity (Wildman–Crippen MR) is 78.7 cm³/mol. The molecule has 4 rings (SSSR count). The van der Waals surface area contributed by atoms with Gasteiger partial charge in [-0.1, -0.05) is 0 Å². The van der Waals surface area contributed by atoms with Crippen LogP contribution in [-0.4, -0.2) is 115 Å². The number of ether oxygens (including phenoxy) is 7. The van der Waals surface area contributed by atoms with Crippen molar-refractivity contribution in [3.63, 3.8) is 0 Å². The van der Waals surface area contributed by atoms with Gasteiger partial charge in [-0.3, -0.25) is 0 Å². The fourth-order valence-electron chi connectivity index (χ4n) is 3.76. The Bertz CT molecular complexity index is 477. The van der Waals surface area contributed by atoms with Crippen LogP contribution in [0.15, 0.2) is 0 Å². The van der Waals surface area contributed by atoms with Gasteiger partial charge in [-0.2, -0.15) is 0 Å². The van der Waals surface area contributed by atoms with Crippen molar-refractivity contribution in [2.45, 2.75) is 61.2 Å². The summed E-state index contributed by atoms with van der Waals surface area (Å²) in [5.41, 5.74) is 0. The van der Waals surface area contributed by atoms with Crippen molar-refractivity contribution in [2.75, 3.05) is 33.4 Å². The highest BCUT2D eigenvalue weighted by Crippen LogP contribution is 2.32. The van der Waals surface area contributed by atoms with Crippen LogP contribution in [0, 0.1) is 0 Å². The molecule has 0 aromatic rings. The molecule has 0 aliphatic carbocycles. The SMILES string of the molecule is OC[C@H]1O[C@H]2COCO[C@@H]2[C@@H](O)[C@@H]1O[C@@H]1O[C@@H]2COCO[C@H]2[C@H](O)[C@H]1O. The number of hydrogen-bond acceptors (Lipinski definition) is 11. The smallest absolute Gasteiger partial charge is 0.187 e. The molecule has 4 aliphatic heterocycles. The van der Waals surface area contributed by atoms with E-state index < -0.39 is 67.8 Å². The molecule has 0 aromatic heterocycles. The molecule has 0 bridgehead atoms. The van der Waals surface area contributed by atoms with E-state index in [2.05, 4.69) is 0 Å². The van der Waals surface area contributed by atoms with Crippen LogP contribution in [0.25, 0.3) is 0 Å². The van der Waals surface area contributed by atoms with Crippen LogP contribution in [0.4, 0.5) is 0 Å². The Morgan fingerprint density at radius 3 is 2.08 bits per heavy atom. The van der Waals surface area contributed by atoms with Gasteiger partial charge < -0.3 is 53.6 Å². The van der Waals surface area contributed by atoms with Crippen molar-refractivity contribution < 1.29 is 53.6 Å². The molecule has 4 fully saturated rings. The first-order chi connectivity index (χ1) is 12.6. The second-order valence-electron chi connectivity index (χ2n) is 6.75. The van der Waals surface area contributed by atoms with E-state index >= 15 is 0 Å². The fourth-order valence-corrected chi connectivity index (χ4v) is 3.76. The maximum Gasteiger partial charge on any atom is 0.187 e. The first-order valence-corrected chi connectivity index (χ1v) is 8.60. The summed E-state index contributed by atoms with van der Waals surface area (Å²) in [6.45, 7) is -0.00624. The Morgan fingerprint density at radius 2 is 1.42 bits per heavy atom. The lowest BCUT2D eigenvalue weighted by molar-refractivity contribution is -0.371. The molecule has 0 unspecified atom stereocenters. The lowest BCUT2D eigenvalue weighted by Gasteiger charge is -2.49. The lowest BCUT2D eigenvalue weighted by atomic mass is 9.94. The highest BCUT2D eigenvalue weighted by molar-refractivity contribution is 4.97. The molecule has 0 aromatic carbocycles. The summed E-state index contributed by atoms with van der Waals surface area (Å²) in [5, 5.41) is 40.9. The average Bonchev–Trinajstić information content (AvgIpc) is 2.67. The minimum Gasteiger partial charge on any atom is -0.394 e. The van der Waals surface area contributed by atoms with Gasteiger partial charge in [-0.25, -0.2) is 0 Å². The van der Waals surface area contributed by atoms with E-state index in [1.807, 2.05) is 0 Å². The Labute approximate surface area is 149 Å². The van der Waals surface area contributed by atoms with Crippen molar-refractivity contribution in [1.82, 2.24) is 0 Å². The van der Waals surface area contributed by atoms with E-state index in [9.17, 15) is 20.4 Å². The van der Waals surface area contributed by atoms with Gasteiger partial charge in [0, 0.05) is 0 Å². The second-order valence-corrected chi connectivity index (χ2v) is 6.75. The van der Waals surface area contributed by atoms with Crippen LogP contribution in [0.5, 0.6) is 0 Å².